The molecule has 2 heterocycles. The molecule has 0 saturated carbocycles. The van der Waals surface area contributed by atoms with Gasteiger partial charge in [-0.2, -0.15) is 0 Å². The van der Waals surface area contributed by atoms with E-state index in [2.05, 4.69) is 15.1 Å². The van der Waals surface area contributed by atoms with Crippen LogP contribution >= 0.6 is 0 Å². The van der Waals surface area contributed by atoms with Crippen molar-refractivity contribution in [3.05, 3.63) is 36.2 Å². The van der Waals surface area contributed by atoms with E-state index in [0.29, 0.717) is 24.9 Å². The number of carbonyl (C=O) groups is 1. The molecule has 1 aromatic heterocycles. The monoisotopic (exact) mass is 287 g/mol. The highest BCUT2D eigenvalue weighted by Crippen LogP contribution is 2.21. The fourth-order valence-electron chi connectivity index (χ4n) is 2.54. The molecule has 3 rings (SSSR count). The maximum absolute atomic E-state index is 11.5. The Morgan fingerprint density at radius 1 is 1.38 bits per heavy atom. The summed E-state index contributed by atoms with van der Waals surface area (Å²) in [6, 6.07) is 9.67. The summed E-state index contributed by atoms with van der Waals surface area (Å²) in [5.74, 6) is 0.896. The molecule has 0 bridgehead atoms. The molecular weight excluding hydrogens is 270 g/mol. The van der Waals surface area contributed by atoms with Crippen molar-refractivity contribution in [3.8, 4) is 11.5 Å². The normalized spacial score (nSPS) is 18.8. The molecule has 1 atom stereocenters. The molecule has 21 heavy (non-hydrogen) atoms. The maximum atomic E-state index is 11.5. The van der Waals surface area contributed by atoms with Gasteiger partial charge < -0.3 is 9.15 Å². The lowest BCUT2D eigenvalue weighted by Gasteiger charge is -2.12. The van der Waals surface area contributed by atoms with Crippen molar-refractivity contribution in [2.45, 2.75) is 13.0 Å². The summed E-state index contributed by atoms with van der Waals surface area (Å²) in [6.07, 6.45) is 0.812. The Morgan fingerprint density at radius 3 is 2.95 bits per heavy atom. The van der Waals surface area contributed by atoms with E-state index in [1.165, 1.54) is 7.11 Å². The van der Waals surface area contributed by atoms with E-state index in [-0.39, 0.29) is 11.9 Å². The van der Waals surface area contributed by atoms with Crippen LogP contribution in [-0.4, -0.2) is 41.3 Å². The number of aromatic nitrogens is 2. The van der Waals surface area contributed by atoms with Crippen molar-refractivity contribution in [1.82, 2.24) is 15.1 Å². The molecule has 0 spiro atoms. The van der Waals surface area contributed by atoms with Crippen molar-refractivity contribution >= 4 is 5.97 Å². The number of carbonyl (C=O) groups excluding carboxylic acids is 1. The van der Waals surface area contributed by atoms with Crippen molar-refractivity contribution in [1.29, 1.82) is 0 Å². The van der Waals surface area contributed by atoms with Crippen molar-refractivity contribution in [3.63, 3.8) is 0 Å². The molecule has 6 nitrogen and oxygen atoms in total. The van der Waals surface area contributed by atoms with Gasteiger partial charge in [-0.1, -0.05) is 18.2 Å². The molecule has 1 aliphatic heterocycles. The molecule has 0 aliphatic carbocycles. The highest BCUT2D eigenvalue weighted by atomic mass is 16.5. The van der Waals surface area contributed by atoms with E-state index in [4.69, 9.17) is 9.15 Å². The standard InChI is InChI=1S/C15H17N3O3/c1-20-15(19)12-7-8-18(9-12)10-13-16-17-14(21-13)11-5-3-2-4-6-11/h2-6,12H,7-10H2,1H3. The Hall–Kier alpha value is -2.21. The van der Waals surface area contributed by atoms with E-state index < -0.39 is 0 Å². The molecule has 6 heteroatoms. The number of ether oxygens (including phenoxy) is 1. The molecule has 110 valence electrons. The minimum atomic E-state index is -0.145. The smallest absolute Gasteiger partial charge is 0.310 e. The maximum Gasteiger partial charge on any atom is 0.310 e. The van der Waals surface area contributed by atoms with Gasteiger partial charge >= 0.3 is 5.97 Å². The highest BCUT2D eigenvalue weighted by molar-refractivity contribution is 5.72. The summed E-state index contributed by atoms with van der Waals surface area (Å²) in [5.41, 5.74) is 0.908. The minimum absolute atomic E-state index is 0.0495. The van der Waals surface area contributed by atoms with E-state index in [9.17, 15) is 4.79 Å². The van der Waals surface area contributed by atoms with Gasteiger partial charge in [-0.15, -0.1) is 10.2 Å². The molecule has 2 aromatic rings. The quantitative estimate of drug-likeness (QED) is 0.798. The zero-order chi connectivity index (χ0) is 14.7. The average molecular weight is 287 g/mol. The number of hydrogen-bond acceptors (Lipinski definition) is 6. The lowest BCUT2D eigenvalue weighted by molar-refractivity contribution is -0.144. The van der Waals surface area contributed by atoms with Gasteiger partial charge in [0.1, 0.15) is 0 Å². The van der Waals surface area contributed by atoms with Crippen LogP contribution in [0.25, 0.3) is 11.5 Å². The number of benzene rings is 1. The second-order valence-electron chi connectivity index (χ2n) is 5.11. The molecule has 0 amide bonds. The fraction of sp³-hybridized carbons (Fsp3) is 0.400. The number of methoxy groups -OCH3 is 1. The first-order chi connectivity index (χ1) is 10.3. The van der Waals surface area contributed by atoms with E-state index >= 15 is 0 Å². The van der Waals surface area contributed by atoms with Gasteiger partial charge in [-0.3, -0.25) is 9.69 Å². The summed E-state index contributed by atoms with van der Waals surface area (Å²) < 4.78 is 10.5. The molecule has 0 radical (unpaired) electrons. The van der Waals surface area contributed by atoms with E-state index in [1.807, 2.05) is 30.3 Å². The first-order valence-corrected chi connectivity index (χ1v) is 6.94. The zero-order valence-corrected chi connectivity index (χ0v) is 11.9. The summed E-state index contributed by atoms with van der Waals surface area (Å²) in [6.45, 7) is 2.08. The van der Waals surface area contributed by atoms with Crippen LogP contribution in [-0.2, 0) is 16.1 Å². The Balaban J connectivity index is 1.62. The van der Waals surface area contributed by atoms with Crippen LogP contribution in [0.4, 0.5) is 0 Å². The summed E-state index contributed by atoms with van der Waals surface area (Å²) in [4.78, 5) is 13.6. The molecule has 1 unspecified atom stereocenters. The third-order valence-corrected chi connectivity index (χ3v) is 3.65. The SMILES string of the molecule is COC(=O)C1CCN(Cc2nnc(-c3ccccc3)o2)C1. The van der Waals surface area contributed by atoms with Gasteiger partial charge in [0.2, 0.25) is 11.8 Å². The minimum Gasteiger partial charge on any atom is -0.469 e. The van der Waals surface area contributed by atoms with Crippen molar-refractivity contribution in [2.75, 3.05) is 20.2 Å². The predicted molar refractivity (Wildman–Crippen MR) is 75.1 cm³/mol. The third kappa shape index (κ3) is 3.11. The van der Waals surface area contributed by atoms with E-state index in [1.54, 1.807) is 0 Å². The lowest BCUT2D eigenvalue weighted by Crippen LogP contribution is -2.23. The third-order valence-electron chi connectivity index (χ3n) is 3.65. The lowest BCUT2D eigenvalue weighted by atomic mass is 10.1. The number of rotatable bonds is 4. The Kier molecular flexibility index (Phi) is 3.96. The number of esters is 1. The van der Waals surface area contributed by atoms with Crippen LogP contribution in [0, 0.1) is 5.92 Å². The fourth-order valence-corrected chi connectivity index (χ4v) is 2.54. The van der Waals surface area contributed by atoms with Crippen LogP contribution in [0.1, 0.15) is 12.3 Å². The summed E-state index contributed by atoms with van der Waals surface area (Å²) in [7, 11) is 1.43. The van der Waals surface area contributed by atoms with Crippen LogP contribution in [0.5, 0.6) is 0 Å². The Morgan fingerprint density at radius 2 is 2.19 bits per heavy atom. The Labute approximate surface area is 122 Å². The van der Waals surface area contributed by atoms with E-state index in [0.717, 1.165) is 18.5 Å². The van der Waals surface area contributed by atoms with Crippen LogP contribution < -0.4 is 0 Å². The summed E-state index contributed by atoms with van der Waals surface area (Å²) in [5, 5.41) is 8.14. The van der Waals surface area contributed by atoms with Gasteiger partial charge in [0.05, 0.1) is 19.6 Å². The Bertz CT molecular complexity index is 612. The molecule has 1 saturated heterocycles. The van der Waals surface area contributed by atoms with Crippen LogP contribution in [0.3, 0.4) is 0 Å². The topological polar surface area (TPSA) is 68.5 Å². The van der Waals surface area contributed by atoms with Gasteiger partial charge in [0.15, 0.2) is 0 Å². The molecule has 1 aromatic carbocycles. The second-order valence-corrected chi connectivity index (χ2v) is 5.11. The van der Waals surface area contributed by atoms with Crippen molar-refractivity contribution < 1.29 is 13.9 Å². The first-order valence-electron chi connectivity index (χ1n) is 6.94. The molecular formula is C15H17N3O3. The van der Waals surface area contributed by atoms with Gasteiger partial charge in [-0.05, 0) is 25.1 Å². The predicted octanol–water partition coefficient (Wildman–Crippen LogP) is 1.73. The van der Waals surface area contributed by atoms with Gasteiger partial charge in [0.25, 0.3) is 0 Å². The van der Waals surface area contributed by atoms with Gasteiger partial charge in [-0.25, -0.2) is 0 Å². The summed E-state index contributed by atoms with van der Waals surface area (Å²) >= 11 is 0. The zero-order valence-electron chi connectivity index (χ0n) is 11.9. The first kappa shape index (κ1) is 13.8. The van der Waals surface area contributed by atoms with Crippen LogP contribution in [0.15, 0.2) is 34.7 Å². The second kappa shape index (κ2) is 6.05. The molecule has 0 N–H and O–H groups in total. The average Bonchev–Trinajstić information content (AvgIpc) is 3.17. The largest absolute Gasteiger partial charge is 0.469 e. The molecule has 1 aliphatic rings. The van der Waals surface area contributed by atoms with Crippen LogP contribution in [0.2, 0.25) is 0 Å². The number of hydrogen-bond donors (Lipinski definition) is 0. The van der Waals surface area contributed by atoms with Gasteiger partial charge in [0, 0.05) is 12.1 Å². The number of nitrogens with zero attached hydrogens (tertiary/aromatic N) is 3. The highest BCUT2D eigenvalue weighted by Gasteiger charge is 2.29. The number of likely N-dealkylation sites (tertiary alicyclic amines) is 1. The molecule has 1 fully saturated rings. The van der Waals surface area contributed by atoms with Crippen molar-refractivity contribution in [2.24, 2.45) is 5.92 Å².